The molecule has 1 amide bonds. The van der Waals surface area contributed by atoms with Gasteiger partial charge < -0.3 is 21.1 Å². The number of nitrogens with two attached hydrogens (primary N) is 1. The van der Waals surface area contributed by atoms with Crippen molar-refractivity contribution in [3.63, 3.8) is 0 Å². The minimum Gasteiger partial charge on any atom is -0.495 e. The van der Waals surface area contributed by atoms with Gasteiger partial charge in [-0.25, -0.2) is 4.98 Å². The highest BCUT2D eigenvalue weighted by molar-refractivity contribution is 5.99. The van der Waals surface area contributed by atoms with E-state index in [-0.39, 0.29) is 42.8 Å². The quantitative estimate of drug-likeness (QED) is 0.696. The zero-order valence-corrected chi connectivity index (χ0v) is 16.8. The maximum atomic E-state index is 12.7. The van der Waals surface area contributed by atoms with Crippen LogP contribution in [0.2, 0.25) is 0 Å². The Morgan fingerprint density at radius 3 is 2.52 bits per heavy atom. The molecule has 8 heteroatoms. The topological polar surface area (TPSA) is 89.3 Å². The number of hydrogen-bond acceptors (Lipinski definition) is 5. The first-order chi connectivity index (χ1) is 12.2. The number of carbonyl (C=O) groups is 1. The average Bonchev–Trinajstić information content (AvgIpc) is 2.64. The third kappa shape index (κ3) is 5.99. The van der Waals surface area contributed by atoms with E-state index in [1.807, 2.05) is 24.3 Å². The monoisotopic (exact) mass is 412 g/mol. The molecule has 1 aliphatic carbocycles. The predicted molar refractivity (Wildman–Crippen MR) is 113 cm³/mol. The summed E-state index contributed by atoms with van der Waals surface area (Å²) in [5, 5.41) is 6.31. The second kappa shape index (κ2) is 11.0. The second-order valence-electron chi connectivity index (χ2n) is 6.31. The Hall–Kier alpha value is -2.02. The zero-order valence-electron chi connectivity index (χ0n) is 15.2. The molecule has 27 heavy (non-hydrogen) atoms. The van der Waals surface area contributed by atoms with E-state index < -0.39 is 0 Å². The van der Waals surface area contributed by atoms with Gasteiger partial charge in [-0.3, -0.25) is 4.79 Å². The summed E-state index contributed by atoms with van der Waals surface area (Å²) < 4.78 is 5.35. The molecule has 0 atom stereocenters. The van der Waals surface area contributed by atoms with Crippen molar-refractivity contribution in [2.24, 2.45) is 5.73 Å². The molecule has 2 aromatic rings. The van der Waals surface area contributed by atoms with Gasteiger partial charge in [-0.2, -0.15) is 0 Å². The molecule has 3 rings (SSSR count). The molecular formula is C19H26Cl2N4O2. The van der Waals surface area contributed by atoms with Crippen molar-refractivity contribution in [3.05, 3.63) is 48.2 Å². The van der Waals surface area contributed by atoms with Crippen LogP contribution in [0.3, 0.4) is 0 Å². The van der Waals surface area contributed by atoms with Crippen molar-refractivity contribution in [3.8, 4) is 5.75 Å². The summed E-state index contributed by atoms with van der Waals surface area (Å²) in [6.45, 7) is 0. The van der Waals surface area contributed by atoms with E-state index in [0.717, 1.165) is 31.4 Å². The fourth-order valence-electron chi connectivity index (χ4n) is 3.09. The standard InChI is InChI=1S/C19H24N4O2.2ClH/c1-25-17-7-3-2-6-16(17)23-18-15(5-4-12-21-18)19(24)22-14-10-8-13(20)9-11-14;;/h2-7,12-14H,8-11,20H2,1H3,(H,21,23)(H,22,24);2*1H. The Labute approximate surface area is 172 Å². The summed E-state index contributed by atoms with van der Waals surface area (Å²) in [6, 6.07) is 11.5. The molecule has 1 aromatic carbocycles. The van der Waals surface area contributed by atoms with Gasteiger partial charge in [0.05, 0.1) is 18.4 Å². The highest BCUT2D eigenvalue weighted by Crippen LogP contribution is 2.27. The summed E-state index contributed by atoms with van der Waals surface area (Å²) in [5.74, 6) is 1.09. The lowest BCUT2D eigenvalue weighted by atomic mass is 9.91. The van der Waals surface area contributed by atoms with Crippen LogP contribution in [0, 0.1) is 0 Å². The summed E-state index contributed by atoms with van der Waals surface area (Å²) in [5.41, 5.74) is 7.21. The molecule has 0 spiro atoms. The van der Waals surface area contributed by atoms with Crippen LogP contribution in [-0.4, -0.2) is 30.1 Å². The van der Waals surface area contributed by atoms with Gasteiger partial charge in [0.2, 0.25) is 0 Å². The Balaban J connectivity index is 0.00000182. The Morgan fingerprint density at radius 1 is 1.11 bits per heavy atom. The van der Waals surface area contributed by atoms with Crippen LogP contribution in [0.25, 0.3) is 0 Å². The number of methoxy groups -OCH3 is 1. The number of aromatic nitrogens is 1. The van der Waals surface area contributed by atoms with Crippen molar-refractivity contribution in [2.75, 3.05) is 12.4 Å². The summed E-state index contributed by atoms with van der Waals surface area (Å²) in [6.07, 6.45) is 5.40. The molecule has 4 N–H and O–H groups in total. The molecule has 1 aliphatic rings. The Bertz CT molecular complexity index is 737. The number of carbonyl (C=O) groups excluding carboxylic acids is 1. The average molecular weight is 413 g/mol. The largest absolute Gasteiger partial charge is 0.495 e. The molecule has 0 unspecified atom stereocenters. The summed E-state index contributed by atoms with van der Waals surface area (Å²) in [4.78, 5) is 17.0. The van der Waals surface area contributed by atoms with Crippen LogP contribution < -0.4 is 21.1 Å². The molecule has 0 aliphatic heterocycles. The molecule has 0 bridgehead atoms. The number of rotatable bonds is 5. The lowest BCUT2D eigenvalue weighted by Gasteiger charge is -2.27. The number of ether oxygens (including phenoxy) is 1. The SMILES string of the molecule is COc1ccccc1Nc1ncccc1C(=O)NC1CCC(N)CC1.Cl.Cl. The van der Waals surface area contributed by atoms with Gasteiger partial charge in [-0.15, -0.1) is 24.8 Å². The maximum Gasteiger partial charge on any atom is 0.255 e. The second-order valence-corrected chi connectivity index (χ2v) is 6.31. The third-order valence-corrected chi connectivity index (χ3v) is 4.52. The number of halogens is 2. The Kier molecular flexibility index (Phi) is 9.35. The predicted octanol–water partition coefficient (Wildman–Crippen LogP) is 3.68. The highest BCUT2D eigenvalue weighted by Gasteiger charge is 2.22. The van der Waals surface area contributed by atoms with Gasteiger partial charge in [-0.1, -0.05) is 12.1 Å². The molecule has 1 fully saturated rings. The molecule has 1 saturated carbocycles. The Morgan fingerprint density at radius 2 is 1.81 bits per heavy atom. The van der Waals surface area contributed by atoms with Crippen LogP contribution >= 0.6 is 24.8 Å². The third-order valence-electron chi connectivity index (χ3n) is 4.52. The van der Waals surface area contributed by atoms with Gasteiger partial charge in [0.25, 0.3) is 5.91 Å². The fraction of sp³-hybridized carbons (Fsp3) is 0.368. The van der Waals surface area contributed by atoms with Gasteiger partial charge in [-0.05, 0) is 49.9 Å². The minimum absolute atomic E-state index is 0. The van der Waals surface area contributed by atoms with Crippen molar-refractivity contribution >= 4 is 42.2 Å². The van der Waals surface area contributed by atoms with E-state index >= 15 is 0 Å². The van der Waals surface area contributed by atoms with Crippen molar-refractivity contribution in [1.82, 2.24) is 10.3 Å². The van der Waals surface area contributed by atoms with Crippen LogP contribution in [0.1, 0.15) is 36.0 Å². The van der Waals surface area contributed by atoms with Crippen molar-refractivity contribution in [2.45, 2.75) is 37.8 Å². The number of nitrogens with zero attached hydrogens (tertiary/aromatic N) is 1. The van der Waals surface area contributed by atoms with Crippen molar-refractivity contribution in [1.29, 1.82) is 0 Å². The smallest absolute Gasteiger partial charge is 0.255 e. The maximum absolute atomic E-state index is 12.7. The summed E-state index contributed by atoms with van der Waals surface area (Å²) >= 11 is 0. The summed E-state index contributed by atoms with van der Waals surface area (Å²) in [7, 11) is 1.61. The van der Waals surface area contributed by atoms with E-state index in [2.05, 4.69) is 15.6 Å². The van der Waals surface area contributed by atoms with Crippen LogP contribution in [-0.2, 0) is 0 Å². The number of para-hydroxylation sites is 2. The molecule has 1 heterocycles. The lowest BCUT2D eigenvalue weighted by Crippen LogP contribution is -2.40. The first kappa shape index (κ1) is 23.0. The van der Waals surface area contributed by atoms with Crippen molar-refractivity contribution < 1.29 is 9.53 Å². The number of pyridine rings is 1. The molecule has 148 valence electrons. The number of anilines is 2. The van der Waals surface area contributed by atoms with E-state index in [1.165, 1.54) is 0 Å². The highest BCUT2D eigenvalue weighted by atomic mass is 35.5. The number of benzene rings is 1. The molecular weight excluding hydrogens is 387 g/mol. The normalized spacial score (nSPS) is 18.4. The first-order valence-electron chi connectivity index (χ1n) is 8.59. The van der Waals surface area contributed by atoms with E-state index in [1.54, 1.807) is 25.4 Å². The van der Waals surface area contributed by atoms with E-state index in [0.29, 0.717) is 17.1 Å². The van der Waals surface area contributed by atoms with Gasteiger partial charge in [0.1, 0.15) is 11.6 Å². The number of nitrogens with one attached hydrogen (secondary N) is 2. The van der Waals surface area contributed by atoms with Crippen LogP contribution in [0.15, 0.2) is 42.6 Å². The lowest BCUT2D eigenvalue weighted by molar-refractivity contribution is 0.0926. The van der Waals surface area contributed by atoms with Gasteiger partial charge in [0.15, 0.2) is 0 Å². The number of hydrogen-bond donors (Lipinski definition) is 3. The van der Waals surface area contributed by atoms with E-state index in [9.17, 15) is 4.79 Å². The zero-order chi connectivity index (χ0) is 17.6. The van der Waals surface area contributed by atoms with E-state index in [4.69, 9.17) is 10.5 Å². The van der Waals surface area contributed by atoms with Crippen LogP contribution in [0.5, 0.6) is 5.75 Å². The molecule has 1 aromatic heterocycles. The van der Waals surface area contributed by atoms with Crippen LogP contribution in [0.4, 0.5) is 11.5 Å². The molecule has 6 nitrogen and oxygen atoms in total. The fourth-order valence-corrected chi connectivity index (χ4v) is 3.09. The van der Waals surface area contributed by atoms with Gasteiger partial charge >= 0.3 is 0 Å². The molecule has 0 saturated heterocycles. The number of amides is 1. The minimum atomic E-state index is -0.119. The first-order valence-corrected chi connectivity index (χ1v) is 8.59. The van der Waals surface area contributed by atoms with Gasteiger partial charge in [0, 0.05) is 18.3 Å². The molecule has 0 radical (unpaired) electrons.